The Morgan fingerprint density at radius 2 is 1.64 bits per heavy atom. The second-order valence-corrected chi connectivity index (χ2v) is 4.82. The van der Waals surface area contributed by atoms with Gasteiger partial charge >= 0.3 is 7.60 Å². The topological polar surface area (TPSA) is 81.3 Å². The van der Waals surface area contributed by atoms with E-state index in [1.54, 1.807) is 13.0 Å². The molecular formula is C9H20NO3P. The van der Waals surface area contributed by atoms with E-state index in [2.05, 4.69) is 13.8 Å². The molecule has 0 spiro atoms. The van der Waals surface area contributed by atoms with Gasteiger partial charge in [0.15, 0.2) is 0 Å². The highest BCUT2D eigenvalue weighted by Crippen LogP contribution is 2.42. The van der Waals surface area contributed by atoms with Crippen LogP contribution in [-0.4, -0.2) is 15.4 Å². The first-order chi connectivity index (χ1) is 6.43. The van der Waals surface area contributed by atoms with Crippen LogP contribution in [0.1, 0.15) is 46.5 Å². The minimum atomic E-state index is -4.15. The Labute approximate surface area is 86.1 Å². The van der Waals surface area contributed by atoms with Crippen LogP contribution >= 0.6 is 7.60 Å². The molecule has 14 heavy (non-hydrogen) atoms. The normalized spacial score (nSPS) is 12.3. The molecule has 0 aromatic rings. The van der Waals surface area contributed by atoms with Crippen molar-refractivity contribution in [3.8, 4) is 6.07 Å². The van der Waals surface area contributed by atoms with E-state index in [0.717, 1.165) is 0 Å². The van der Waals surface area contributed by atoms with Crippen molar-refractivity contribution in [1.82, 2.24) is 0 Å². The molecule has 0 aliphatic heterocycles. The Bertz CT molecular complexity index is 205. The Kier molecular flexibility index (Phi) is 10.6. The summed E-state index contributed by atoms with van der Waals surface area (Å²) in [7, 11) is -4.15. The van der Waals surface area contributed by atoms with Crippen molar-refractivity contribution in [3.63, 3.8) is 0 Å². The van der Waals surface area contributed by atoms with Gasteiger partial charge in [-0.15, -0.1) is 0 Å². The van der Waals surface area contributed by atoms with Gasteiger partial charge in [-0.3, -0.25) is 4.57 Å². The standard InChI is InChI=1S/C5H10NO3P.C4H10/c1-2-3-5(4-6)10(7,8)9;1-3-4-2/h5H,2-3H2,1H3,(H2,7,8,9);3-4H2,1-2H3. The summed E-state index contributed by atoms with van der Waals surface area (Å²) in [5, 5.41) is 8.25. The van der Waals surface area contributed by atoms with Crippen molar-refractivity contribution in [1.29, 1.82) is 5.26 Å². The van der Waals surface area contributed by atoms with Gasteiger partial charge in [-0.05, 0) is 6.42 Å². The predicted octanol–water partition coefficient (Wildman–Crippen LogP) is 2.66. The van der Waals surface area contributed by atoms with Crippen LogP contribution in [0, 0.1) is 11.3 Å². The summed E-state index contributed by atoms with van der Waals surface area (Å²) >= 11 is 0. The quantitative estimate of drug-likeness (QED) is 0.715. The van der Waals surface area contributed by atoms with E-state index in [1.165, 1.54) is 12.8 Å². The van der Waals surface area contributed by atoms with Crippen LogP contribution in [0.3, 0.4) is 0 Å². The van der Waals surface area contributed by atoms with Crippen LogP contribution in [0.2, 0.25) is 0 Å². The molecule has 0 saturated heterocycles. The van der Waals surface area contributed by atoms with Gasteiger partial charge in [0.25, 0.3) is 0 Å². The summed E-state index contributed by atoms with van der Waals surface area (Å²) in [6.07, 6.45) is 3.52. The fourth-order valence-corrected chi connectivity index (χ4v) is 1.33. The summed E-state index contributed by atoms with van der Waals surface area (Å²) in [5.41, 5.74) is -1.11. The lowest BCUT2D eigenvalue weighted by Crippen LogP contribution is -2.03. The minimum Gasteiger partial charge on any atom is -0.324 e. The Hall–Kier alpha value is -0.360. The summed E-state index contributed by atoms with van der Waals surface area (Å²) in [6.45, 7) is 6.14. The average molecular weight is 221 g/mol. The van der Waals surface area contributed by atoms with Crippen LogP contribution in [0.5, 0.6) is 0 Å². The number of rotatable bonds is 4. The Morgan fingerprint density at radius 1 is 1.21 bits per heavy atom. The molecule has 0 aromatic carbocycles. The number of hydrogen-bond acceptors (Lipinski definition) is 2. The highest BCUT2D eigenvalue weighted by Gasteiger charge is 2.27. The molecular weight excluding hydrogens is 201 g/mol. The molecule has 0 aliphatic rings. The molecule has 0 heterocycles. The van der Waals surface area contributed by atoms with Gasteiger partial charge in [-0.2, -0.15) is 5.26 Å². The largest absolute Gasteiger partial charge is 0.342 e. The van der Waals surface area contributed by atoms with Gasteiger partial charge in [0.2, 0.25) is 0 Å². The molecule has 84 valence electrons. The smallest absolute Gasteiger partial charge is 0.324 e. The zero-order chi connectivity index (χ0) is 11.6. The summed E-state index contributed by atoms with van der Waals surface area (Å²) in [4.78, 5) is 17.0. The minimum absolute atomic E-state index is 0.265. The summed E-state index contributed by atoms with van der Waals surface area (Å²) in [5.74, 6) is 0. The van der Waals surface area contributed by atoms with Crippen LogP contribution in [0.25, 0.3) is 0 Å². The third kappa shape index (κ3) is 9.73. The molecule has 0 bridgehead atoms. The van der Waals surface area contributed by atoms with Gasteiger partial charge < -0.3 is 9.79 Å². The summed E-state index contributed by atoms with van der Waals surface area (Å²) in [6, 6.07) is 1.58. The zero-order valence-electron chi connectivity index (χ0n) is 9.10. The Morgan fingerprint density at radius 3 is 1.71 bits per heavy atom. The maximum absolute atomic E-state index is 10.4. The average Bonchev–Trinajstić information content (AvgIpc) is 2.12. The third-order valence-electron chi connectivity index (χ3n) is 1.62. The first-order valence-electron chi connectivity index (χ1n) is 4.88. The van der Waals surface area contributed by atoms with E-state index in [0.29, 0.717) is 6.42 Å². The van der Waals surface area contributed by atoms with Crippen LogP contribution < -0.4 is 0 Å². The molecule has 1 unspecified atom stereocenters. The lowest BCUT2D eigenvalue weighted by atomic mass is 10.3. The van der Waals surface area contributed by atoms with Crippen LogP contribution in [-0.2, 0) is 4.57 Å². The van der Waals surface area contributed by atoms with Gasteiger partial charge in [0.1, 0.15) is 5.66 Å². The molecule has 0 rings (SSSR count). The fourth-order valence-electron chi connectivity index (χ4n) is 0.581. The Balaban J connectivity index is 0. The number of unbranched alkanes of at least 4 members (excludes halogenated alkanes) is 1. The SMILES string of the molecule is CCCC.CCCC(C#N)P(=O)(O)O. The van der Waals surface area contributed by atoms with Gasteiger partial charge in [0, 0.05) is 0 Å². The van der Waals surface area contributed by atoms with Gasteiger partial charge in [-0.25, -0.2) is 0 Å². The highest BCUT2D eigenvalue weighted by molar-refractivity contribution is 7.52. The van der Waals surface area contributed by atoms with Crippen molar-refractivity contribution >= 4 is 7.60 Å². The monoisotopic (exact) mass is 221 g/mol. The number of nitrogens with zero attached hydrogens (tertiary/aromatic N) is 1. The van der Waals surface area contributed by atoms with E-state index in [-0.39, 0.29) is 6.42 Å². The molecule has 2 N–H and O–H groups in total. The van der Waals surface area contributed by atoms with Crippen molar-refractivity contribution in [2.24, 2.45) is 0 Å². The predicted molar refractivity (Wildman–Crippen MR) is 56.9 cm³/mol. The van der Waals surface area contributed by atoms with Crippen LogP contribution in [0.4, 0.5) is 0 Å². The molecule has 5 heteroatoms. The molecule has 0 aliphatic carbocycles. The molecule has 4 nitrogen and oxygen atoms in total. The zero-order valence-corrected chi connectivity index (χ0v) is 10.00. The first kappa shape index (κ1) is 16.1. The van der Waals surface area contributed by atoms with Crippen molar-refractivity contribution < 1.29 is 14.4 Å². The maximum Gasteiger partial charge on any atom is 0.342 e. The van der Waals surface area contributed by atoms with Gasteiger partial charge in [-0.1, -0.05) is 40.0 Å². The first-order valence-corrected chi connectivity index (χ1v) is 6.56. The van der Waals surface area contributed by atoms with E-state index in [4.69, 9.17) is 15.0 Å². The number of hydrogen-bond donors (Lipinski definition) is 2. The lowest BCUT2D eigenvalue weighted by molar-refractivity contribution is 0.363. The molecule has 0 fully saturated rings. The van der Waals surface area contributed by atoms with E-state index in [9.17, 15) is 4.57 Å². The molecule has 0 amide bonds. The summed E-state index contributed by atoms with van der Waals surface area (Å²) < 4.78 is 10.4. The second kappa shape index (κ2) is 9.21. The van der Waals surface area contributed by atoms with E-state index >= 15 is 0 Å². The molecule has 0 radical (unpaired) electrons. The van der Waals surface area contributed by atoms with Gasteiger partial charge in [0.05, 0.1) is 6.07 Å². The van der Waals surface area contributed by atoms with Crippen molar-refractivity contribution in [3.05, 3.63) is 0 Å². The fraction of sp³-hybridized carbons (Fsp3) is 0.889. The van der Waals surface area contributed by atoms with Crippen LogP contribution in [0.15, 0.2) is 0 Å². The third-order valence-corrected chi connectivity index (χ3v) is 2.80. The number of nitriles is 1. The highest BCUT2D eigenvalue weighted by atomic mass is 31.2. The second-order valence-electron chi connectivity index (χ2n) is 3.02. The van der Waals surface area contributed by atoms with Crippen molar-refractivity contribution in [2.45, 2.75) is 52.1 Å². The van der Waals surface area contributed by atoms with E-state index < -0.39 is 13.3 Å². The lowest BCUT2D eigenvalue weighted by Gasteiger charge is -2.07. The van der Waals surface area contributed by atoms with Crippen molar-refractivity contribution in [2.75, 3.05) is 0 Å². The maximum atomic E-state index is 10.4. The van der Waals surface area contributed by atoms with E-state index in [1.807, 2.05) is 0 Å². The molecule has 1 atom stereocenters. The molecule has 0 saturated carbocycles. The molecule has 0 aromatic heterocycles.